The van der Waals surface area contributed by atoms with Crippen LogP contribution in [0.15, 0.2) is 30.3 Å². The number of hydrogen-bond donors (Lipinski definition) is 0. The van der Waals surface area contributed by atoms with Crippen LogP contribution in [-0.4, -0.2) is 31.1 Å². The number of benzene rings is 1. The minimum absolute atomic E-state index is 0.00698. The molecule has 0 amide bonds. The van der Waals surface area contributed by atoms with Crippen molar-refractivity contribution < 1.29 is 9.53 Å². The summed E-state index contributed by atoms with van der Waals surface area (Å²) >= 11 is 0. The van der Waals surface area contributed by atoms with Crippen LogP contribution < -0.4 is 0 Å². The van der Waals surface area contributed by atoms with Gasteiger partial charge in [-0.15, -0.1) is 0 Å². The Hall–Kier alpha value is -1.35. The topological polar surface area (TPSA) is 29.5 Å². The molecular formula is C18H25NO2. The molecule has 1 aliphatic heterocycles. The van der Waals surface area contributed by atoms with E-state index < -0.39 is 0 Å². The summed E-state index contributed by atoms with van der Waals surface area (Å²) in [6, 6.07) is 10.5. The van der Waals surface area contributed by atoms with Gasteiger partial charge < -0.3 is 4.74 Å². The third kappa shape index (κ3) is 2.98. The average molecular weight is 287 g/mol. The maximum absolute atomic E-state index is 12.2. The van der Waals surface area contributed by atoms with Crippen molar-refractivity contribution in [3.05, 3.63) is 35.9 Å². The first-order chi connectivity index (χ1) is 10.2. The van der Waals surface area contributed by atoms with Gasteiger partial charge in [0.1, 0.15) is 0 Å². The summed E-state index contributed by atoms with van der Waals surface area (Å²) in [5.41, 5.74) is 1.49. The van der Waals surface area contributed by atoms with E-state index in [0.717, 1.165) is 19.6 Å². The molecule has 1 saturated heterocycles. The number of ether oxygens (including phenoxy) is 1. The lowest BCUT2D eigenvalue weighted by Gasteiger charge is -2.37. The third-order valence-corrected chi connectivity index (χ3v) is 5.30. The van der Waals surface area contributed by atoms with Crippen LogP contribution in [0.2, 0.25) is 0 Å². The Morgan fingerprint density at radius 3 is 2.62 bits per heavy atom. The molecule has 3 nitrogen and oxygen atoms in total. The molecule has 114 valence electrons. The Kier molecular flexibility index (Phi) is 4.29. The third-order valence-electron chi connectivity index (χ3n) is 5.30. The van der Waals surface area contributed by atoms with Crippen LogP contribution in [-0.2, 0) is 16.1 Å². The molecule has 0 N–H and O–H groups in total. The van der Waals surface area contributed by atoms with Crippen molar-refractivity contribution in [1.29, 1.82) is 0 Å². The summed E-state index contributed by atoms with van der Waals surface area (Å²) in [5.74, 6) is 0.0546. The quantitative estimate of drug-likeness (QED) is 0.799. The molecule has 1 aromatic carbocycles. The van der Waals surface area contributed by atoms with E-state index in [2.05, 4.69) is 29.2 Å². The molecule has 0 radical (unpaired) electrons. The monoisotopic (exact) mass is 287 g/mol. The number of carbonyl (C=O) groups excluding carboxylic acids is 1. The Morgan fingerprint density at radius 1 is 1.24 bits per heavy atom. The molecule has 2 fully saturated rings. The first kappa shape index (κ1) is 14.6. The zero-order valence-electron chi connectivity index (χ0n) is 12.9. The SMILES string of the molecule is COC(=O)C1CN(Cc2ccccc2)CC12CCCCC2. The molecule has 3 heteroatoms. The minimum Gasteiger partial charge on any atom is -0.469 e. The van der Waals surface area contributed by atoms with E-state index in [-0.39, 0.29) is 17.3 Å². The maximum Gasteiger partial charge on any atom is 0.310 e. The smallest absolute Gasteiger partial charge is 0.310 e. The Bertz CT molecular complexity index is 479. The first-order valence-electron chi connectivity index (χ1n) is 8.08. The van der Waals surface area contributed by atoms with Crippen LogP contribution >= 0.6 is 0 Å². The number of methoxy groups -OCH3 is 1. The molecular weight excluding hydrogens is 262 g/mol. The molecule has 0 bridgehead atoms. The Balaban J connectivity index is 1.75. The summed E-state index contributed by atoms with van der Waals surface area (Å²) in [7, 11) is 1.53. The standard InChI is InChI=1S/C18H25NO2/c1-21-17(20)16-13-19(12-15-8-4-2-5-9-15)14-18(16)10-6-3-7-11-18/h2,4-5,8-9,16H,3,6-7,10-14H2,1H3. The normalized spacial score (nSPS) is 25.1. The number of hydrogen-bond acceptors (Lipinski definition) is 3. The van der Waals surface area contributed by atoms with Crippen molar-refractivity contribution in [2.45, 2.75) is 38.6 Å². The number of likely N-dealkylation sites (tertiary alicyclic amines) is 1. The van der Waals surface area contributed by atoms with Crippen molar-refractivity contribution in [2.75, 3.05) is 20.2 Å². The summed E-state index contributed by atoms with van der Waals surface area (Å²) in [5, 5.41) is 0. The van der Waals surface area contributed by atoms with Gasteiger partial charge in [-0.2, -0.15) is 0 Å². The lowest BCUT2D eigenvalue weighted by molar-refractivity contribution is -0.149. The average Bonchev–Trinajstić information content (AvgIpc) is 2.86. The van der Waals surface area contributed by atoms with Crippen molar-refractivity contribution >= 4 is 5.97 Å². The van der Waals surface area contributed by atoms with E-state index in [9.17, 15) is 4.79 Å². The molecule has 1 aliphatic carbocycles. The zero-order valence-corrected chi connectivity index (χ0v) is 12.9. The molecule has 1 aromatic rings. The Morgan fingerprint density at radius 2 is 1.95 bits per heavy atom. The van der Waals surface area contributed by atoms with Crippen LogP contribution in [0, 0.1) is 11.3 Å². The molecule has 3 rings (SSSR count). The highest BCUT2D eigenvalue weighted by molar-refractivity contribution is 5.74. The van der Waals surface area contributed by atoms with Crippen molar-refractivity contribution in [1.82, 2.24) is 4.90 Å². The first-order valence-corrected chi connectivity index (χ1v) is 8.08. The second kappa shape index (κ2) is 6.18. The van der Waals surface area contributed by atoms with Gasteiger partial charge in [0.2, 0.25) is 0 Å². The van der Waals surface area contributed by atoms with Gasteiger partial charge in [0.05, 0.1) is 13.0 Å². The lowest BCUT2D eigenvalue weighted by atomic mass is 9.68. The van der Waals surface area contributed by atoms with E-state index in [1.807, 2.05) is 6.07 Å². The molecule has 1 unspecified atom stereocenters. The van der Waals surface area contributed by atoms with E-state index >= 15 is 0 Å². The number of rotatable bonds is 3. The van der Waals surface area contributed by atoms with E-state index in [4.69, 9.17) is 4.74 Å². The number of carbonyl (C=O) groups is 1. The highest BCUT2D eigenvalue weighted by Gasteiger charge is 2.50. The minimum atomic E-state index is -0.00698. The fourth-order valence-electron chi connectivity index (χ4n) is 4.26. The van der Waals surface area contributed by atoms with E-state index in [1.54, 1.807) is 0 Å². The molecule has 1 heterocycles. The van der Waals surface area contributed by atoms with Crippen LogP contribution in [0.3, 0.4) is 0 Å². The largest absolute Gasteiger partial charge is 0.469 e. The highest BCUT2D eigenvalue weighted by atomic mass is 16.5. The number of nitrogens with zero attached hydrogens (tertiary/aromatic N) is 1. The molecule has 0 aromatic heterocycles. The van der Waals surface area contributed by atoms with Gasteiger partial charge in [-0.1, -0.05) is 49.6 Å². The highest BCUT2D eigenvalue weighted by Crippen LogP contribution is 2.48. The van der Waals surface area contributed by atoms with Crippen LogP contribution in [0.1, 0.15) is 37.7 Å². The predicted octanol–water partition coefficient (Wildman–Crippen LogP) is 3.24. The fraction of sp³-hybridized carbons (Fsp3) is 0.611. The Labute approximate surface area is 127 Å². The zero-order chi connectivity index (χ0) is 14.7. The second-order valence-corrected chi connectivity index (χ2v) is 6.65. The summed E-state index contributed by atoms with van der Waals surface area (Å²) in [4.78, 5) is 14.7. The molecule has 1 atom stereocenters. The van der Waals surface area contributed by atoms with Crippen LogP contribution in [0.25, 0.3) is 0 Å². The van der Waals surface area contributed by atoms with E-state index in [0.29, 0.717) is 0 Å². The van der Waals surface area contributed by atoms with Gasteiger partial charge >= 0.3 is 5.97 Å². The van der Waals surface area contributed by atoms with Crippen molar-refractivity contribution in [2.24, 2.45) is 11.3 Å². The molecule has 2 aliphatic rings. The van der Waals surface area contributed by atoms with Crippen molar-refractivity contribution in [3.63, 3.8) is 0 Å². The second-order valence-electron chi connectivity index (χ2n) is 6.65. The van der Waals surface area contributed by atoms with Gasteiger partial charge in [0.15, 0.2) is 0 Å². The number of esters is 1. The van der Waals surface area contributed by atoms with Gasteiger partial charge in [-0.25, -0.2) is 0 Å². The summed E-state index contributed by atoms with van der Waals surface area (Å²) < 4.78 is 5.09. The lowest BCUT2D eigenvalue weighted by Crippen LogP contribution is -2.37. The molecule has 1 spiro atoms. The van der Waals surface area contributed by atoms with Gasteiger partial charge in [0.25, 0.3) is 0 Å². The van der Waals surface area contributed by atoms with Crippen LogP contribution in [0.4, 0.5) is 0 Å². The van der Waals surface area contributed by atoms with Crippen molar-refractivity contribution in [3.8, 4) is 0 Å². The van der Waals surface area contributed by atoms with Gasteiger partial charge in [-0.3, -0.25) is 9.69 Å². The fourth-order valence-corrected chi connectivity index (χ4v) is 4.26. The summed E-state index contributed by atoms with van der Waals surface area (Å²) in [6.07, 6.45) is 6.18. The van der Waals surface area contributed by atoms with Gasteiger partial charge in [-0.05, 0) is 23.8 Å². The van der Waals surface area contributed by atoms with E-state index in [1.165, 1.54) is 44.8 Å². The van der Waals surface area contributed by atoms with Gasteiger partial charge in [0, 0.05) is 19.6 Å². The molecule has 21 heavy (non-hydrogen) atoms. The summed E-state index contributed by atoms with van der Waals surface area (Å²) in [6.45, 7) is 2.83. The predicted molar refractivity (Wildman–Crippen MR) is 82.7 cm³/mol. The maximum atomic E-state index is 12.2. The molecule has 1 saturated carbocycles. The van der Waals surface area contributed by atoms with Crippen LogP contribution in [0.5, 0.6) is 0 Å².